The summed E-state index contributed by atoms with van der Waals surface area (Å²) >= 11 is 0. The first-order chi connectivity index (χ1) is 10.6. The van der Waals surface area contributed by atoms with Crippen LogP contribution in [-0.4, -0.2) is 40.6 Å². The van der Waals surface area contributed by atoms with Crippen molar-refractivity contribution < 1.29 is 31.9 Å². The summed E-state index contributed by atoms with van der Waals surface area (Å²) in [5.74, 6) is -3.09. The van der Waals surface area contributed by atoms with Crippen molar-refractivity contribution in [2.75, 3.05) is 14.2 Å². The molecule has 0 aromatic heterocycles. The van der Waals surface area contributed by atoms with E-state index in [0.29, 0.717) is 0 Å². The highest BCUT2D eigenvalue weighted by Gasteiger charge is 2.31. The van der Waals surface area contributed by atoms with E-state index in [1.165, 1.54) is 0 Å². The summed E-state index contributed by atoms with van der Waals surface area (Å²) in [5, 5.41) is 0. The van der Waals surface area contributed by atoms with E-state index < -0.39 is 44.6 Å². The molecule has 0 saturated heterocycles. The second kappa shape index (κ2) is 7.51. The van der Waals surface area contributed by atoms with Crippen molar-refractivity contribution in [2.45, 2.75) is 24.8 Å². The van der Waals surface area contributed by atoms with Crippen LogP contribution < -0.4 is 4.72 Å². The van der Waals surface area contributed by atoms with Crippen LogP contribution in [0.25, 0.3) is 0 Å². The van der Waals surface area contributed by atoms with Crippen molar-refractivity contribution in [3.8, 4) is 0 Å². The Labute approximate surface area is 133 Å². The Hall–Kier alpha value is -2.00. The first-order valence-corrected chi connectivity index (χ1v) is 8.10. The highest BCUT2D eigenvalue weighted by Crippen LogP contribution is 2.19. The minimum atomic E-state index is -4.39. The van der Waals surface area contributed by atoms with Gasteiger partial charge in [-0.25, -0.2) is 17.6 Å². The molecule has 1 rings (SSSR count). The standard InChI is InChI=1S/C14H18FNO6S/c1-8(2)12(14(18)22-4)16-23(19,20)11-7-9(13(17)21-3)5-6-10(11)15/h5-8,12,16H,1-4H3/t12-/m1/s1. The number of benzene rings is 1. The minimum Gasteiger partial charge on any atom is -0.468 e. The molecule has 0 saturated carbocycles. The van der Waals surface area contributed by atoms with Gasteiger partial charge in [-0.15, -0.1) is 0 Å². The highest BCUT2D eigenvalue weighted by atomic mass is 32.2. The molecule has 1 atom stereocenters. The maximum absolute atomic E-state index is 13.9. The van der Waals surface area contributed by atoms with E-state index in [-0.39, 0.29) is 5.56 Å². The molecule has 7 nitrogen and oxygen atoms in total. The van der Waals surface area contributed by atoms with Crippen LogP contribution >= 0.6 is 0 Å². The lowest BCUT2D eigenvalue weighted by Gasteiger charge is -2.20. The van der Waals surface area contributed by atoms with Crippen LogP contribution in [0.5, 0.6) is 0 Å². The summed E-state index contributed by atoms with van der Waals surface area (Å²) in [7, 11) is -2.16. The van der Waals surface area contributed by atoms with Gasteiger partial charge in [-0.1, -0.05) is 13.8 Å². The zero-order valence-electron chi connectivity index (χ0n) is 13.1. The number of hydrogen-bond acceptors (Lipinski definition) is 6. The summed E-state index contributed by atoms with van der Waals surface area (Å²) in [6.07, 6.45) is 0. The molecular weight excluding hydrogens is 329 g/mol. The molecule has 9 heteroatoms. The molecular formula is C14H18FNO6S. The van der Waals surface area contributed by atoms with E-state index in [9.17, 15) is 22.4 Å². The van der Waals surface area contributed by atoms with Gasteiger partial charge in [0.1, 0.15) is 16.8 Å². The molecule has 128 valence electrons. The number of ether oxygens (including phenoxy) is 2. The SMILES string of the molecule is COC(=O)c1ccc(F)c(S(=O)(=O)N[C@@H](C(=O)OC)C(C)C)c1. The molecule has 0 heterocycles. The van der Waals surface area contributed by atoms with Gasteiger partial charge in [-0.05, 0) is 24.1 Å². The van der Waals surface area contributed by atoms with Crippen molar-refractivity contribution in [1.29, 1.82) is 0 Å². The van der Waals surface area contributed by atoms with Crippen molar-refractivity contribution in [1.82, 2.24) is 4.72 Å². The fraction of sp³-hybridized carbons (Fsp3) is 0.429. The van der Waals surface area contributed by atoms with Gasteiger partial charge >= 0.3 is 11.9 Å². The maximum atomic E-state index is 13.9. The van der Waals surface area contributed by atoms with Gasteiger partial charge < -0.3 is 9.47 Å². The van der Waals surface area contributed by atoms with Crippen LogP contribution in [-0.2, 0) is 24.3 Å². The number of sulfonamides is 1. The predicted molar refractivity (Wildman–Crippen MR) is 78.7 cm³/mol. The van der Waals surface area contributed by atoms with E-state index >= 15 is 0 Å². The molecule has 0 fully saturated rings. The van der Waals surface area contributed by atoms with E-state index in [1.54, 1.807) is 13.8 Å². The third-order valence-corrected chi connectivity index (χ3v) is 4.50. The molecule has 0 aliphatic carbocycles. The van der Waals surface area contributed by atoms with Crippen LogP contribution in [0.2, 0.25) is 0 Å². The molecule has 0 aliphatic rings. The topological polar surface area (TPSA) is 98.8 Å². The minimum absolute atomic E-state index is 0.131. The third kappa shape index (κ3) is 4.49. The Kier molecular flexibility index (Phi) is 6.22. The highest BCUT2D eigenvalue weighted by molar-refractivity contribution is 7.89. The lowest BCUT2D eigenvalue weighted by Crippen LogP contribution is -2.45. The lowest BCUT2D eigenvalue weighted by molar-refractivity contribution is -0.143. The Balaban J connectivity index is 3.27. The Morgan fingerprint density at radius 2 is 1.78 bits per heavy atom. The normalized spacial score (nSPS) is 12.8. The average molecular weight is 347 g/mol. The van der Waals surface area contributed by atoms with Crippen LogP contribution in [0.4, 0.5) is 4.39 Å². The number of methoxy groups -OCH3 is 2. The molecule has 1 aromatic rings. The fourth-order valence-corrected chi connectivity index (χ4v) is 3.20. The second-order valence-corrected chi connectivity index (χ2v) is 6.69. The molecule has 0 aliphatic heterocycles. The molecule has 0 radical (unpaired) electrons. The molecule has 1 N–H and O–H groups in total. The molecule has 0 bridgehead atoms. The van der Waals surface area contributed by atoms with Crippen molar-refractivity contribution in [3.63, 3.8) is 0 Å². The zero-order valence-corrected chi connectivity index (χ0v) is 13.9. The van der Waals surface area contributed by atoms with Crippen LogP contribution in [0, 0.1) is 11.7 Å². The summed E-state index contributed by atoms with van der Waals surface area (Å²) < 4.78 is 49.7. The van der Waals surface area contributed by atoms with Gasteiger partial charge in [-0.3, -0.25) is 4.79 Å². The van der Waals surface area contributed by atoms with Crippen molar-refractivity contribution in [2.24, 2.45) is 5.92 Å². The molecule has 0 unspecified atom stereocenters. The fourth-order valence-electron chi connectivity index (χ4n) is 1.77. The number of esters is 2. The lowest BCUT2D eigenvalue weighted by atomic mass is 10.1. The van der Waals surface area contributed by atoms with Gasteiger partial charge in [0.25, 0.3) is 0 Å². The number of carbonyl (C=O) groups excluding carboxylic acids is 2. The predicted octanol–water partition coefficient (Wildman–Crippen LogP) is 1.09. The number of halogens is 1. The van der Waals surface area contributed by atoms with Crippen LogP contribution in [0.15, 0.2) is 23.1 Å². The van der Waals surface area contributed by atoms with E-state index in [0.717, 1.165) is 32.4 Å². The summed E-state index contributed by atoms with van der Waals surface area (Å²) in [6, 6.07) is 1.59. The van der Waals surface area contributed by atoms with E-state index in [4.69, 9.17) is 0 Å². The Morgan fingerprint density at radius 3 is 2.26 bits per heavy atom. The second-order valence-electron chi connectivity index (χ2n) is 5.00. The largest absolute Gasteiger partial charge is 0.468 e. The zero-order chi connectivity index (χ0) is 17.8. The van der Waals surface area contributed by atoms with Crippen molar-refractivity contribution >= 4 is 22.0 Å². The maximum Gasteiger partial charge on any atom is 0.337 e. The summed E-state index contributed by atoms with van der Waals surface area (Å²) in [4.78, 5) is 22.4. The van der Waals surface area contributed by atoms with Crippen molar-refractivity contribution in [3.05, 3.63) is 29.6 Å². The summed E-state index contributed by atoms with van der Waals surface area (Å²) in [6.45, 7) is 3.21. The van der Waals surface area contributed by atoms with Gasteiger partial charge in [-0.2, -0.15) is 4.72 Å². The molecule has 23 heavy (non-hydrogen) atoms. The quantitative estimate of drug-likeness (QED) is 0.774. The molecule has 0 amide bonds. The van der Waals surface area contributed by atoms with Crippen LogP contribution in [0.3, 0.4) is 0 Å². The van der Waals surface area contributed by atoms with Gasteiger partial charge in [0.2, 0.25) is 10.0 Å². The number of hydrogen-bond donors (Lipinski definition) is 1. The number of nitrogens with one attached hydrogen (secondary N) is 1. The van der Waals surface area contributed by atoms with E-state index in [1.807, 2.05) is 0 Å². The monoisotopic (exact) mass is 347 g/mol. The number of rotatable bonds is 6. The molecule has 1 aromatic carbocycles. The average Bonchev–Trinajstić information content (AvgIpc) is 2.51. The summed E-state index contributed by atoms with van der Waals surface area (Å²) in [5.41, 5.74) is -0.131. The Bertz CT molecular complexity index is 701. The smallest absolute Gasteiger partial charge is 0.337 e. The first-order valence-electron chi connectivity index (χ1n) is 6.62. The Morgan fingerprint density at radius 1 is 1.17 bits per heavy atom. The first kappa shape index (κ1) is 19.0. The van der Waals surface area contributed by atoms with Crippen LogP contribution in [0.1, 0.15) is 24.2 Å². The van der Waals surface area contributed by atoms with E-state index in [2.05, 4.69) is 14.2 Å². The van der Waals surface area contributed by atoms with Gasteiger partial charge in [0.15, 0.2) is 0 Å². The van der Waals surface area contributed by atoms with Gasteiger partial charge in [0, 0.05) is 0 Å². The third-order valence-electron chi connectivity index (χ3n) is 3.05. The molecule has 0 spiro atoms. The number of carbonyl (C=O) groups is 2. The van der Waals surface area contributed by atoms with Gasteiger partial charge in [0.05, 0.1) is 19.8 Å².